The monoisotopic (exact) mass is 297 g/mol. The number of sulfone groups is 1. The average molecular weight is 297 g/mol. The summed E-state index contributed by atoms with van der Waals surface area (Å²) in [6.07, 6.45) is 2.35. The summed E-state index contributed by atoms with van der Waals surface area (Å²) < 4.78 is 23.3. The van der Waals surface area contributed by atoms with Gasteiger partial charge in [-0.1, -0.05) is 13.0 Å². The standard InChI is InChI=1S/C14H23N3O2S/c1-3-17-8-7-11(10-17)9-16-12-5-4-6-13(14(12)15)20(2,18)19/h4-6,11,16H,3,7-10,15H2,1-2H3. The van der Waals surface area contributed by atoms with Gasteiger partial charge in [0.15, 0.2) is 9.84 Å². The van der Waals surface area contributed by atoms with Crippen LogP contribution in [-0.2, 0) is 9.84 Å². The molecule has 20 heavy (non-hydrogen) atoms. The Bertz CT molecular complexity index is 572. The van der Waals surface area contributed by atoms with Crippen LogP contribution in [0.15, 0.2) is 23.1 Å². The van der Waals surface area contributed by atoms with E-state index in [0.717, 1.165) is 26.2 Å². The molecule has 0 spiro atoms. The number of rotatable bonds is 5. The maximum absolute atomic E-state index is 11.6. The van der Waals surface area contributed by atoms with Crippen LogP contribution in [0, 0.1) is 5.92 Å². The van der Waals surface area contributed by atoms with Gasteiger partial charge in [-0.25, -0.2) is 8.42 Å². The summed E-state index contributed by atoms with van der Waals surface area (Å²) >= 11 is 0. The lowest BCUT2D eigenvalue weighted by Crippen LogP contribution is -2.22. The largest absolute Gasteiger partial charge is 0.396 e. The second-order valence-corrected chi connectivity index (χ2v) is 7.40. The highest BCUT2D eigenvalue weighted by atomic mass is 32.2. The highest BCUT2D eigenvalue weighted by molar-refractivity contribution is 7.90. The topological polar surface area (TPSA) is 75.4 Å². The molecule has 0 amide bonds. The van der Waals surface area contributed by atoms with Crippen molar-refractivity contribution in [3.63, 3.8) is 0 Å². The first-order valence-electron chi connectivity index (χ1n) is 6.96. The van der Waals surface area contributed by atoms with Crippen LogP contribution >= 0.6 is 0 Å². The normalized spacial score (nSPS) is 20.2. The van der Waals surface area contributed by atoms with Crippen LogP contribution in [0.4, 0.5) is 11.4 Å². The minimum absolute atomic E-state index is 0.198. The molecule has 0 aliphatic carbocycles. The fraction of sp³-hybridized carbons (Fsp3) is 0.571. The third-order valence-corrected chi connectivity index (χ3v) is 5.02. The first kappa shape index (κ1) is 15.1. The van der Waals surface area contributed by atoms with Crippen molar-refractivity contribution in [2.24, 2.45) is 5.92 Å². The summed E-state index contributed by atoms with van der Waals surface area (Å²) in [7, 11) is -3.28. The Morgan fingerprint density at radius 2 is 2.20 bits per heavy atom. The number of likely N-dealkylation sites (tertiary alicyclic amines) is 1. The predicted molar refractivity (Wildman–Crippen MR) is 82.7 cm³/mol. The molecule has 1 aromatic rings. The number of hydrogen-bond acceptors (Lipinski definition) is 5. The molecule has 1 aliphatic heterocycles. The van der Waals surface area contributed by atoms with E-state index in [4.69, 9.17) is 5.73 Å². The lowest BCUT2D eigenvalue weighted by atomic mass is 10.1. The Kier molecular flexibility index (Phi) is 4.55. The molecule has 0 radical (unpaired) electrons. The van der Waals surface area contributed by atoms with Gasteiger partial charge < -0.3 is 16.0 Å². The van der Waals surface area contributed by atoms with Crippen molar-refractivity contribution >= 4 is 21.2 Å². The summed E-state index contributed by atoms with van der Waals surface area (Å²) in [6.45, 7) is 6.32. The zero-order chi connectivity index (χ0) is 14.8. The second kappa shape index (κ2) is 6.01. The van der Waals surface area contributed by atoms with Crippen molar-refractivity contribution in [2.75, 3.05) is 43.5 Å². The summed E-state index contributed by atoms with van der Waals surface area (Å²) in [5, 5.41) is 3.30. The zero-order valence-electron chi connectivity index (χ0n) is 12.1. The molecule has 1 fully saturated rings. The quantitative estimate of drug-likeness (QED) is 0.804. The second-order valence-electron chi connectivity index (χ2n) is 5.42. The van der Waals surface area contributed by atoms with Crippen LogP contribution in [0.2, 0.25) is 0 Å². The number of nitrogens with two attached hydrogens (primary N) is 1. The third kappa shape index (κ3) is 3.43. The molecular formula is C14H23N3O2S. The molecule has 6 heteroatoms. The highest BCUT2D eigenvalue weighted by Crippen LogP contribution is 2.27. The van der Waals surface area contributed by atoms with Crippen LogP contribution in [0.3, 0.4) is 0 Å². The molecule has 2 rings (SSSR count). The summed E-state index contributed by atoms with van der Waals surface area (Å²) in [6, 6.07) is 5.10. The number of nitrogens with one attached hydrogen (secondary N) is 1. The van der Waals surface area contributed by atoms with Crippen molar-refractivity contribution in [1.82, 2.24) is 4.90 Å². The van der Waals surface area contributed by atoms with Crippen molar-refractivity contribution in [3.05, 3.63) is 18.2 Å². The SMILES string of the molecule is CCN1CCC(CNc2cccc(S(C)(=O)=O)c2N)C1. The van der Waals surface area contributed by atoms with Crippen LogP contribution < -0.4 is 11.1 Å². The molecule has 0 bridgehead atoms. The van der Waals surface area contributed by atoms with Crippen molar-refractivity contribution in [1.29, 1.82) is 0 Å². The van der Waals surface area contributed by atoms with Crippen LogP contribution in [-0.4, -0.2) is 45.8 Å². The smallest absolute Gasteiger partial charge is 0.177 e. The molecule has 1 aliphatic rings. The van der Waals surface area contributed by atoms with Gasteiger partial charge in [0.2, 0.25) is 0 Å². The molecule has 0 aromatic heterocycles. The lowest BCUT2D eigenvalue weighted by molar-refractivity contribution is 0.345. The van der Waals surface area contributed by atoms with E-state index in [1.165, 1.54) is 12.7 Å². The van der Waals surface area contributed by atoms with E-state index in [2.05, 4.69) is 17.1 Å². The number of para-hydroxylation sites is 1. The van der Waals surface area contributed by atoms with Crippen LogP contribution in [0.1, 0.15) is 13.3 Å². The summed E-state index contributed by atoms with van der Waals surface area (Å²) in [4.78, 5) is 2.62. The van der Waals surface area contributed by atoms with E-state index < -0.39 is 9.84 Å². The van der Waals surface area contributed by atoms with E-state index in [0.29, 0.717) is 17.3 Å². The molecule has 1 heterocycles. The number of hydrogen-bond donors (Lipinski definition) is 2. The van der Waals surface area contributed by atoms with Gasteiger partial charge in [0, 0.05) is 19.3 Å². The Morgan fingerprint density at radius 1 is 1.45 bits per heavy atom. The van der Waals surface area contributed by atoms with E-state index in [1.807, 2.05) is 6.07 Å². The van der Waals surface area contributed by atoms with Crippen molar-refractivity contribution in [2.45, 2.75) is 18.2 Å². The van der Waals surface area contributed by atoms with E-state index in [9.17, 15) is 8.42 Å². The fourth-order valence-corrected chi connectivity index (χ4v) is 3.48. The van der Waals surface area contributed by atoms with E-state index >= 15 is 0 Å². The molecule has 3 N–H and O–H groups in total. The van der Waals surface area contributed by atoms with Crippen molar-refractivity contribution < 1.29 is 8.42 Å². The number of benzene rings is 1. The highest BCUT2D eigenvalue weighted by Gasteiger charge is 2.21. The molecule has 1 unspecified atom stereocenters. The molecule has 112 valence electrons. The molecule has 1 saturated heterocycles. The van der Waals surface area contributed by atoms with Crippen LogP contribution in [0.5, 0.6) is 0 Å². The Hall–Kier alpha value is -1.27. The Labute approximate surface area is 121 Å². The first-order valence-corrected chi connectivity index (χ1v) is 8.85. The number of nitrogen functional groups attached to an aromatic ring is 1. The third-order valence-electron chi connectivity index (χ3n) is 3.86. The lowest BCUT2D eigenvalue weighted by Gasteiger charge is -2.16. The fourth-order valence-electron chi connectivity index (χ4n) is 2.64. The summed E-state index contributed by atoms with van der Waals surface area (Å²) in [5.74, 6) is 0.594. The van der Waals surface area contributed by atoms with Gasteiger partial charge in [-0.15, -0.1) is 0 Å². The van der Waals surface area contributed by atoms with Gasteiger partial charge in [0.1, 0.15) is 0 Å². The zero-order valence-corrected chi connectivity index (χ0v) is 12.9. The summed E-state index contributed by atoms with van der Waals surface area (Å²) in [5.41, 5.74) is 6.99. The van der Waals surface area contributed by atoms with Gasteiger partial charge in [-0.3, -0.25) is 0 Å². The molecule has 5 nitrogen and oxygen atoms in total. The Morgan fingerprint density at radius 3 is 2.80 bits per heavy atom. The van der Waals surface area contributed by atoms with Gasteiger partial charge in [0.25, 0.3) is 0 Å². The maximum Gasteiger partial charge on any atom is 0.177 e. The molecule has 1 aromatic carbocycles. The first-order chi connectivity index (χ1) is 9.41. The Balaban J connectivity index is 2.04. The van der Waals surface area contributed by atoms with E-state index in [-0.39, 0.29) is 4.90 Å². The molecular weight excluding hydrogens is 274 g/mol. The predicted octanol–water partition coefficient (Wildman–Crippen LogP) is 1.43. The van der Waals surface area contributed by atoms with Gasteiger partial charge in [-0.05, 0) is 37.6 Å². The van der Waals surface area contributed by atoms with Crippen LogP contribution in [0.25, 0.3) is 0 Å². The van der Waals surface area contributed by atoms with Gasteiger partial charge in [-0.2, -0.15) is 0 Å². The molecule has 1 atom stereocenters. The average Bonchev–Trinajstić information content (AvgIpc) is 2.84. The number of nitrogens with zero attached hydrogens (tertiary/aromatic N) is 1. The minimum atomic E-state index is -3.28. The minimum Gasteiger partial charge on any atom is -0.396 e. The maximum atomic E-state index is 11.6. The van der Waals surface area contributed by atoms with Gasteiger partial charge in [0.05, 0.1) is 16.3 Å². The van der Waals surface area contributed by atoms with Gasteiger partial charge >= 0.3 is 0 Å². The van der Waals surface area contributed by atoms with E-state index in [1.54, 1.807) is 12.1 Å². The molecule has 0 saturated carbocycles. The van der Waals surface area contributed by atoms with Crippen molar-refractivity contribution in [3.8, 4) is 0 Å². The number of anilines is 2.